The number of fused-ring (bicyclic) bond motifs is 1. The summed E-state index contributed by atoms with van der Waals surface area (Å²) < 4.78 is 37.7. The van der Waals surface area contributed by atoms with Crippen molar-refractivity contribution in [3.8, 4) is 11.5 Å². The molecule has 0 aromatic heterocycles. The van der Waals surface area contributed by atoms with Gasteiger partial charge in [0.05, 0.1) is 11.9 Å². The largest absolute Gasteiger partial charge is 0.454 e. The highest BCUT2D eigenvalue weighted by Crippen LogP contribution is 2.36. The quantitative estimate of drug-likeness (QED) is 0.272. The molecule has 2 aliphatic rings. The lowest BCUT2D eigenvalue weighted by Gasteiger charge is -2.34. The van der Waals surface area contributed by atoms with Crippen molar-refractivity contribution in [2.24, 2.45) is 0 Å². The van der Waals surface area contributed by atoms with Crippen molar-refractivity contribution >= 4 is 27.5 Å². The van der Waals surface area contributed by atoms with E-state index in [1.165, 1.54) is 10.7 Å². The van der Waals surface area contributed by atoms with E-state index in [1.54, 1.807) is 23.1 Å². The molecule has 9 nitrogen and oxygen atoms in total. The number of ether oxygens (including phenoxy) is 2. The van der Waals surface area contributed by atoms with Crippen molar-refractivity contribution in [2.45, 2.75) is 76.9 Å². The van der Waals surface area contributed by atoms with Gasteiger partial charge in [-0.25, -0.2) is 8.42 Å². The van der Waals surface area contributed by atoms with E-state index in [2.05, 4.69) is 5.32 Å². The number of sulfonamides is 1. The summed E-state index contributed by atoms with van der Waals surface area (Å²) in [6.45, 7) is 2.46. The average Bonchev–Trinajstić information content (AvgIpc) is 3.50. The topological polar surface area (TPSA) is 105 Å². The first-order valence-electron chi connectivity index (χ1n) is 15.7. The highest BCUT2D eigenvalue weighted by Gasteiger charge is 2.32. The lowest BCUT2D eigenvalue weighted by Crippen LogP contribution is -2.52. The molecule has 3 aromatic rings. The van der Waals surface area contributed by atoms with Crippen LogP contribution in [0.25, 0.3) is 0 Å². The number of anilines is 1. The van der Waals surface area contributed by atoms with Gasteiger partial charge in [0.2, 0.25) is 28.6 Å². The van der Waals surface area contributed by atoms with Gasteiger partial charge in [-0.1, -0.05) is 79.4 Å². The summed E-state index contributed by atoms with van der Waals surface area (Å²) in [4.78, 5) is 29.8. The molecule has 0 bridgehead atoms. The molecule has 1 saturated carbocycles. The molecular formula is C35H43N3O6S. The van der Waals surface area contributed by atoms with Crippen LogP contribution in [0.3, 0.4) is 0 Å². The molecule has 45 heavy (non-hydrogen) atoms. The second-order valence-corrected chi connectivity index (χ2v) is 13.9. The smallest absolute Gasteiger partial charge is 0.243 e. The Morgan fingerprint density at radius 1 is 0.911 bits per heavy atom. The fourth-order valence-corrected chi connectivity index (χ4v) is 6.99. The number of carbonyl (C=O) groups is 2. The van der Waals surface area contributed by atoms with E-state index in [-0.39, 0.29) is 50.6 Å². The molecule has 1 atom stereocenters. The van der Waals surface area contributed by atoms with E-state index < -0.39 is 16.1 Å². The van der Waals surface area contributed by atoms with Gasteiger partial charge in [0, 0.05) is 38.0 Å². The van der Waals surface area contributed by atoms with Gasteiger partial charge in [-0.05, 0) is 49.4 Å². The van der Waals surface area contributed by atoms with Crippen LogP contribution in [0.2, 0.25) is 0 Å². The maximum Gasteiger partial charge on any atom is 0.243 e. The van der Waals surface area contributed by atoms with Crippen molar-refractivity contribution in [1.82, 2.24) is 10.2 Å². The number of carbonyl (C=O) groups excluding carboxylic acids is 2. The van der Waals surface area contributed by atoms with E-state index in [4.69, 9.17) is 9.47 Å². The van der Waals surface area contributed by atoms with Crippen LogP contribution in [0.1, 0.15) is 61.6 Å². The number of aryl methyl sites for hydroxylation is 1. The Hall–Kier alpha value is -4.05. The molecule has 5 rings (SSSR count). The minimum Gasteiger partial charge on any atom is -0.454 e. The van der Waals surface area contributed by atoms with Crippen molar-refractivity contribution < 1.29 is 27.5 Å². The van der Waals surface area contributed by atoms with E-state index >= 15 is 0 Å². The fourth-order valence-electron chi connectivity index (χ4n) is 6.03. The maximum atomic E-state index is 14.1. The molecule has 10 heteroatoms. The molecule has 1 aliphatic heterocycles. The molecule has 1 aliphatic carbocycles. The number of nitrogens with one attached hydrogen (secondary N) is 1. The van der Waals surface area contributed by atoms with Gasteiger partial charge in [0.15, 0.2) is 11.5 Å². The minimum absolute atomic E-state index is 0.0738. The summed E-state index contributed by atoms with van der Waals surface area (Å²) >= 11 is 0. The molecule has 0 saturated heterocycles. The zero-order chi connectivity index (χ0) is 31.8. The van der Waals surface area contributed by atoms with Gasteiger partial charge < -0.3 is 19.7 Å². The lowest BCUT2D eigenvalue weighted by molar-refractivity contribution is -0.141. The molecule has 3 aromatic carbocycles. The third-order valence-electron chi connectivity index (χ3n) is 8.49. The zero-order valence-corrected chi connectivity index (χ0v) is 26.9. The molecule has 1 N–H and O–H groups in total. The maximum absolute atomic E-state index is 14.1. The summed E-state index contributed by atoms with van der Waals surface area (Å²) in [6.07, 6.45) is 7.10. The van der Waals surface area contributed by atoms with Crippen LogP contribution in [0.15, 0.2) is 72.8 Å². The van der Waals surface area contributed by atoms with Crippen molar-refractivity contribution in [3.63, 3.8) is 0 Å². The number of hydrogen-bond acceptors (Lipinski definition) is 6. The highest BCUT2D eigenvalue weighted by molar-refractivity contribution is 7.92. The summed E-state index contributed by atoms with van der Waals surface area (Å²) in [5.41, 5.74) is 3.45. The number of hydrogen-bond donors (Lipinski definition) is 1. The summed E-state index contributed by atoms with van der Waals surface area (Å²) in [7, 11) is -3.65. The normalized spacial score (nSPS) is 15.3. The SMILES string of the molecule is Cc1ccc(CN(C(=O)CCCN(c2ccc3c(c2)OCO3)S(C)(=O)=O)[C@H](Cc2ccccc2)C(=O)NC2CCCCC2)cc1. The third-order valence-corrected chi connectivity index (χ3v) is 9.69. The first-order valence-corrected chi connectivity index (χ1v) is 17.6. The summed E-state index contributed by atoms with van der Waals surface area (Å²) in [5.74, 6) is 0.693. The first kappa shape index (κ1) is 32.3. The number of rotatable bonds is 13. The molecule has 0 unspecified atom stereocenters. The monoisotopic (exact) mass is 633 g/mol. The Morgan fingerprint density at radius 2 is 1.62 bits per heavy atom. The van der Waals surface area contributed by atoms with Crippen LogP contribution in [-0.2, 0) is 32.6 Å². The second kappa shape index (κ2) is 14.8. The molecule has 1 heterocycles. The van der Waals surface area contributed by atoms with Crippen molar-refractivity contribution in [1.29, 1.82) is 0 Å². The Bertz CT molecular complexity index is 1560. The van der Waals surface area contributed by atoms with Gasteiger partial charge in [0.25, 0.3) is 0 Å². The van der Waals surface area contributed by atoms with Gasteiger partial charge in [-0.2, -0.15) is 0 Å². The van der Waals surface area contributed by atoms with Gasteiger partial charge in [0.1, 0.15) is 6.04 Å². The first-order chi connectivity index (χ1) is 21.7. The molecular weight excluding hydrogens is 590 g/mol. The molecule has 1 fully saturated rings. The standard InChI is InChI=1S/C35H43N3O6S/c1-26-15-17-28(18-16-26)24-37(31(22-27-10-5-3-6-11-27)35(40)36-29-12-7-4-8-13-29)34(39)14-9-21-38(45(2,41)42)30-19-20-32-33(23-30)44-25-43-32/h3,5-6,10-11,15-20,23,29,31H,4,7-9,12-14,21-22,24-25H2,1-2H3,(H,36,40)/t31-/m1/s1. The van der Waals surface area contributed by atoms with Gasteiger partial charge >= 0.3 is 0 Å². The highest BCUT2D eigenvalue weighted by atomic mass is 32.2. The predicted molar refractivity (Wildman–Crippen MR) is 175 cm³/mol. The molecule has 240 valence electrons. The van der Waals surface area contributed by atoms with E-state index in [9.17, 15) is 18.0 Å². The lowest BCUT2D eigenvalue weighted by atomic mass is 9.94. The van der Waals surface area contributed by atoms with Gasteiger partial charge in [-0.15, -0.1) is 0 Å². The van der Waals surface area contributed by atoms with E-state index in [1.807, 2.05) is 61.5 Å². The summed E-state index contributed by atoms with van der Waals surface area (Å²) in [5, 5.41) is 3.26. The van der Waals surface area contributed by atoms with E-state index in [0.717, 1.165) is 48.6 Å². The molecule has 0 radical (unpaired) electrons. The van der Waals surface area contributed by atoms with Crippen LogP contribution in [0.5, 0.6) is 11.5 Å². The zero-order valence-electron chi connectivity index (χ0n) is 26.1. The Labute approximate surface area is 266 Å². The fraction of sp³-hybridized carbons (Fsp3) is 0.429. The van der Waals surface area contributed by atoms with Crippen LogP contribution in [-0.4, -0.2) is 56.8 Å². The van der Waals surface area contributed by atoms with Crippen molar-refractivity contribution in [2.75, 3.05) is 23.9 Å². The van der Waals surface area contributed by atoms with Gasteiger partial charge in [-0.3, -0.25) is 13.9 Å². The molecule has 0 spiro atoms. The number of benzene rings is 3. The average molecular weight is 634 g/mol. The third kappa shape index (κ3) is 8.78. The number of nitrogens with zero attached hydrogens (tertiary/aromatic N) is 2. The Kier molecular flexibility index (Phi) is 10.7. The van der Waals surface area contributed by atoms with Crippen LogP contribution in [0, 0.1) is 6.92 Å². The van der Waals surface area contributed by atoms with E-state index in [0.29, 0.717) is 23.6 Å². The summed E-state index contributed by atoms with van der Waals surface area (Å²) in [6, 6.07) is 22.1. The Balaban J connectivity index is 1.37. The predicted octanol–water partition coefficient (Wildman–Crippen LogP) is 5.36. The molecule has 2 amide bonds. The van der Waals surface area contributed by atoms with Crippen LogP contribution >= 0.6 is 0 Å². The Morgan fingerprint density at radius 3 is 2.33 bits per heavy atom. The van der Waals surface area contributed by atoms with Crippen molar-refractivity contribution in [3.05, 3.63) is 89.5 Å². The van der Waals surface area contributed by atoms with Crippen LogP contribution < -0.4 is 19.1 Å². The second-order valence-electron chi connectivity index (χ2n) is 12.0. The number of amides is 2. The van der Waals surface area contributed by atoms with Crippen LogP contribution in [0.4, 0.5) is 5.69 Å². The minimum atomic E-state index is -3.65.